The number of amides is 5. The molecule has 0 aromatic heterocycles. The Morgan fingerprint density at radius 3 is 2.44 bits per heavy atom. The molecule has 0 radical (unpaired) electrons. The number of rotatable bonds is 6. The van der Waals surface area contributed by atoms with Crippen LogP contribution in [0.4, 0.5) is 9.59 Å². The van der Waals surface area contributed by atoms with Crippen LogP contribution in [0, 0.1) is 5.92 Å². The van der Waals surface area contributed by atoms with Gasteiger partial charge in [-0.25, -0.2) is 18.0 Å². The molecule has 3 heterocycles. The molecule has 1 aromatic carbocycles. The number of hydrogen-bond acceptors (Lipinski definition) is 10. The van der Waals surface area contributed by atoms with Gasteiger partial charge in [-0.1, -0.05) is 36.4 Å². The smallest absolute Gasteiger partial charge is 0.410 e. The fraction of sp³-hybridized carbons (Fsp3) is 0.658. The van der Waals surface area contributed by atoms with E-state index in [0.717, 1.165) is 30.4 Å². The molecule has 5 amide bonds. The average molecular weight is 769 g/mol. The molecule has 5 atom stereocenters. The van der Waals surface area contributed by atoms with Gasteiger partial charge >= 0.3 is 12.2 Å². The lowest BCUT2D eigenvalue weighted by molar-refractivity contribution is -0.141. The minimum atomic E-state index is -3.91. The van der Waals surface area contributed by atoms with Crippen molar-refractivity contribution >= 4 is 39.9 Å². The first-order valence-electron chi connectivity index (χ1n) is 19.2. The van der Waals surface area contributed by atoms with Gasteiger partial charge in [0.2, 0.25) is 21.8 Å². The summed E-state index contributed by atoms with van der Waals surface area (Å²) < 4.78 is 39.4. The van der Waals surface area contributed by atoms with Crippen LogP contribution in [0.5, 0.6) is 0 Å². The molecule has 0 spiro atoms. The van der Waals surface area contributed by atoms with Crippen molar-refractivity contribution in [2.24, 2.45) is 5.92 Å². The van der Waals surface area contributed by atoms with Crippen LogP contribution in [-0.4, -0.2) is 120 Å². The van der Waals surface area contributed by atoms with E-state index in [-0.39, 0.29) is 32.0 Å². The Morgan fingerprint density at radius 1 is 1.00 bits per heavy atom. The summed E-state index contributed by atoms with van der Waals surface area (Å²) in [5.41, 5.74) is -0.182. The number of nitrogens with one attached hydrogen (secondary N) is 3. The number of fused-ring (bicyclic) bond motifs is 3. The van der Waals surface area contributed by atoms with Gasteiger partial charge in [-0.15, -0.1) is 0 Å². The molecule has 15 nitrogen and oxygen atoms in total. The van der Waals surface area contributed by atoms with Crippen LogP contribution < -0.4 is 15.4 Å². The molecule has 3 N–H and O–H groups in total. The molecule has 3 aliphatic heterocycles. The van der Waals surface area contributed by atoms with Crippen molar-refractivity contribution in [3.8, 4) is 0 Å². The van der Waals surface area contributed by atoms with Crippen LogP contribution in [0.25, 0.3) is 0 Å². The van der Waals surface area contributed by atoms with Crippen molar-refractivity contribution in [3.05, 3.63) is 47.5 Å². The van der Waals surface area contributed by atoms with Crippen LogP contribution >= 0.6 is 0 Å². The first kappa shape index (κ1) is 38.1. The molecular weight excluding hydrogens is 717 g/mol. The molecular formula is C38H52N6O9S. The summed E-state index contributed by atoms with van der Waals surface area (Å²) in [4.78, 5) is 74.6. The van der Waals surface area contributed by atoms with Crippen LogP contribution in [0.15, 0.2) is 36.4 Å². The summed E-state index contributed by atoms with van der Waals surface area (Å²) in [6.45, 7) is 6.69. The number of allylic oxidation sites excluding steroid dienone is 1. The zero-order valence-corrected chi connectivity index (χ0v) is 32.1. The highest BCUT2D eigenvalue weighted by molar-refractivity contribution is 7.91. The van der Waals surface area contributed by atoms with Gasteiger partial charge in [0.05, 0.1) is 11.8 Å². The quantitative estimate of drug-likeness (QED) is 0.363. The van der Waals surface area contributed by atoms with Gasteiger partial charge in [0.25, 0.3) is 5.91 Å². The van der Waals surface area contributed by atoms with Gasteiger partial charge in [-0.2, -0.15) is 0 Å². The van der Waals surface area contributed by atoms with Gasteiger partial charge in [-0.3, -0.25) is 24.0 Å². The zero-order valence-electron chi connectivity index (χ0n) is 31.3. The van der Waals surface area contributed by atoms with Crippen molar-refractivity contribution in [3.63, 3.8) is 0 Å². The van der Waals surface area contributed by atoms with E-state index in [2.05, 4.69) is 20.3 Å². The highest BCUT2D eigenvalue weighted by Crippen LogP contribution is 2.46. The third-order valence-electron chi connectivity index (χ3n) is 11.1. The Hall–Kier alpha value is -4.18. The second-order valence-corrected chi connectivity index (χ2v) is 18.6. The lowest BCUT2D eigenvalue weighted by Crippen LogP contribution is -2.60. The number of benzene rings is 1. The lowest BCUT2D eigenvalue weighted by Gasteiger charge is -2.33. The highest BCUT2D eigenvalue weighted by Gasteiger charge is 2.62. The molecule has 3 saturated carbocycles. The maximum absolute atomic E-state index is 14.7. The normalized spacial score (nSPS) is 30.0. The molecule has 3 aliphatic carbocycles. The Morgan fingerprint density at radius 2 is 1.74 bits per heavy atom. The van der Waals surface area contributed by atoms with Crippen LogP contribution in [0.2, 0.25) is 0 Å². The predicted octanol–water partition coefficient (Wildman–Crippen LogP) is 2.34. The number of sulfonamides is 1. The van der Waals surface area contributed by atoms with Crippen LogP contribution in [0.3, 0.4) is 0 Å². The van der Waals surface area contributed by atoms with E-state index < -0.39 is 80.4 Å². The maximum Gasteiger partial charge on any atom is 0.410 e. The van der Waals surface area contributed by atoms with Crippen molar-refractivity contribution < 1.29 is 41.9 Å². The minimum Gasteiger partial charge on any atom is -0.444 e. The van der Waals surface area contributed by atoms with Gasteiger partial charge in [-0.05, 0) is 89.8 Å². The Balaban J connectivity index is 1.17. The summed E-state index contributed by atoms with van der Waals surface area (Å²) in [6.07, 6.45) is 6.62. The summed E-state index contributed by atoms with van der Waals surface area (Å²) >= 11 is 0. The molecule has 294 valence electrons. The number of ether oxygens (including phenoxy) is 2. The molecule has 1 saturated heterocycles. The third-order valence-corrected chi connectivity index (χ3v) is 12.9. The van der Waals surface area contributed by atoms with Crippen molar-refractivity contribution in [2.45, 2.75) is 126 Å². The summed E-state index contributed by atoms with van der Waals surface area (Å²) in [5.74, 6) is -2.49. The first-order valence-corrected chi connectivity index (χ1v) is 20.8. The average Bonchev–Trinajstić information content (AvgIpc) is 3.99. The third kappa shape index (κ3) is 8.69. The Kier molecular flexibility index (Phi) is 10.5. The van der Waals surface area contributed by atoms with Gasteiger partial charge < -0.3 is 29.9 Å². The fourth-order valence-corrected chi connectivity index (χ4v) is 9.18. The molecule has 7 rings (SSSR count). The number of carbonyl (C=O) groups is 5. The maximum atomic E-state index is 14.7. The van der Waals surface area contributed by atoms with Crippen molar-refractivity contribution in [1.82, 2.24) is 30.1 Å². The Labute approximate surface area is 316 Å². The minimum absolute atomic E-state index is 0.0577. The standard InChI is InChI=1S/C38H52N6O9S/c1-37(2,3)53-35(48)39-30-23-42(27-12-13-27)17-8-4-5-11-26-20-38(26,34(47)41-54(50,51)29-14-15-29)40-32(45)31-19-28(22-44(31)33(30)46)52-36(49)43-18-16-24-9-6-7-10-25(24)21-43/h5-7,9-11,26-31H,4,8,12-23H2,1-3H3,(H,39,48)(H,40,45)(H,41,47)/b11-5-/t26-,28-,30+,31+,38-/m1/s1. The number of nitrogens with zero attached hydrogens (tertiary/aromatic N) is 3. The molecule has 4 fully saturated rings. The van der Waals surface area contributed by atoms with E-state index in [4.69, 9.17) is 9.47 Å². The number of hydrogen-bond donors (Lipinski definition) is 3. The molecule has 16 heteroatoms. The zero-order chi connectivity index (χ0) is 38.4. The molecule has 0 unspecified atom stereocenters. The molecule has 6 aliphatic rings. The Bertz CT molecular complexity index is 1810. The van der Waals surface area contributed by atoms with E-state index in [0.29, 0.717) is 45.3 Å². The van der Waals surface area contributed by atoms with Gasteiger partial charge in [0.15, 0.2) is 0 Å². The number of alkyl carbamates (subject to hydrolysis) is 1. The second-order valence-electron chi connectivity index (χ2n) is 16.6. The molecule has 54 heavy (non-hydrogen) atoms. The monoisotopic (exact) mass is 768 g/mol. The fourth-order valence-electron chi connectivity index (χ4n) is 7.82. The second kappa shape index (κ2) is 14.8. The summed E-state index contributed by atoms with van der Waals surface area (Å²) in [7, 11) is -3.91. The molecule has 1 aromatic rings. The topological polar surface area (TPSA) is 184 Å². The van der Waals surface area contributed by atoms with Crippen molar-refractivity contribution in [2.75, 3.05) is 26.2 Å². The lowest BCUT2D eigenvalue weighted by atomic mass is 10.0. The van der Waals surface area contributed by atoms with E-state index in [1.54, 1.807) is 25.7 Å². The predicted molar refractivity (Wildman–Crippen MR) is 196 cm³/mol. The van der Waals surface area contributed by atoms with Gasteiger partial charge in [0.1, 0.15) is 29.3 Å². The van der Waals surface area contributed by atoms with Crippen LogP contribution in [-0.2, 0) is 46.8 Å². The summed E-state index contributed by atoms with van der Waals surface area (Å²) in [5, 5.41) is 4.98. The van der Waals surface area contributed by atoms with E-state index in [1.807, 2.05) is 36.4 Å². The van der Waals surface area contributed by atoms with E-state index >= 15 is 0 Å². The largest absolute Gasteiger partial charge is 0.444 e. The summed E-state index contributed by atoms with van der Waals surface area (Å²) in [6, 6.07) is 5.84. The SMILES string of the molecule is CC(C)(C)OC(=O)N[C@H]1CN(C2CC2)CCC/C=C\[C@@H]2C[C@@]2(C(=O)NS(=O)(=O)C2CC2)NC(=O)[C@@H]2C[C@@H](OC(=O)N3CCc4ccccc4C3)CN2C1=O. The molecule has 0 bridgehead atoms. The van der Waals surface area contributed by atoms with E-state index in [1.165, 1.54) is 4.90 Å². The van der Waals surface area contributed by atoms with Crippen molar-refractivity contribution in [1.29, 1.82) is 0 Å². The van der Waals surface area contributed by atoms with Gasteiger partial charge in [0, 0.05) is 38.0 Å². The number of carbonyl (C=O) groups excluding carboxylic acids is 5. The van der Waals surface area contributed by atoms with E-state index in [9.17, 15) is 32.4 Å². The highest BCUT2D eigenvalue weighted by atomic mass is 32.2. The first-order chi connectivity index (χ1) is 25.6. The van der Waals surface area contributed by atoms with Crippen LogP contribution in [0.1, 0.15) is 83.3 Å².